The van der Waals surface area contributed by atoms with Crippen molar-refractivity contribution in [1.29, 1.82) is 0 Å². The second-order valence-electron chi connectivity index (χ2n) is 16.9. The molecule has 0 radical (unpaired) electrons. The van der Waals surface area contributed by atoms with Crippen LogP contribution in [-0.2, 0) is 24.0 Å². The number of alkyl halides is 12. The van der Waals surface area contributed by atoms with Gasteiger partial charge in [0.25, 0.3) is 0 Å². The predicted octanol–water partition coefficient (Wildman–Crippen LogP) is 15.1. The lowest BCUT2D eigenvalue weighted by Gasteiger charge is -2.23. The number of carboxylic acids is 4. The van der Waals surface area contributed by atoms with Gasteiger partial charge in [-0.25, -0.2) is 24.0 Å². The van der Waals surface area contributed by atoms with Crippen molar-refractivity contribution in [3.63, 3.8) is 0 Å². The lowest BCUT2D eigenvalue weighted by Crippen LogP contribution is -2.40. The molecule has 72 heavy (non-hydrogen) atoms. The molecule has 0 heterocycles. The van der Waals surface area contributed by atoms with Gasteiger partial charge in [0.2, 0.25) is 5.91 Å². The SMILES string of the molecule is CCCCCCCCCCCCCCCCCCN(CCCCCCCCCCCCCCCCCC)C(=O)CNC(=O)O.O=C(O)C(F)(F)F.O=C(O)C(F)(F)F.O=C(O)C(F)(F)F.O=C(O)C(F)(F)F. The molecule has 0 saturated carbocycles. The zero-order valence-electron chi connectivity index (χ0n) is 41.9. The number of rotatable bonds is 36. The molecule has 0 saturated heterocycles. The summed E-state index contributed by atoms with van der Waals surface area (Å²) in [4.78, 5) is 61.0. The quantitative estimate of drug-likeness (QED) is 0.0256. The fourth-order valence-corrected chi connectivity index (χ4v) is 6.33. The molecule has 0 spiro atoms. The van der Waals surface area contributed by atoms with Gasteiger partial charge in [0.05, 0.1) is 0 Å². The van der Waals surface area contributed by atoms with Gasteiger partial charge in [0, 0.05) is 13.1 Å². The van der Waals surface area contributed by atoms with Crippen molar-refractivity contribution in [1.82, 2.24) is 10.2 Å². The fourth-order valence-electron chi connectivity index (χ4n) is 6.33. The van der Waals surface area contributed by atoms with Gasteiger partial charge in [0.1, 0.15) is 6.54 Å². The fraction of sp³-hybridized carbons (Fsp3) is 0.872. The van der Waals surface area contributed by atoms with Crippen LogP contribution in [-0.4, -0.2) is 111 Å². The van der Waals surface area contributed by atoms with Crippen LogP contribution in [0.15, 0.2) is 0 Å². The van der Waals surface area contributed by atoms with Crippen molar-refractivity contribution in [2.45, 2.75) is 244 Å². The zero-order valence-corrected chi connectivity index (χ0v) is 41.9. The third kappa shape index (κ3) is 65.8. The Hall–Kier alpha value is -4.22. The maximum Gasteiger partial charge on any atom is 0.490 e. The molecular formula is C47H82F12N2O11. The normalized spacial score (nSPS) is 11.2. The van der Waals surface area contributed by atoms with E-state index in [2.05, 4.69) is 19.2 Å². The van der Waals surface area contributed by atoms with E-state index in [4.69, 9.17) is 44.7 Å². The number of nitrogens with one attached hydrogen (secondary N) is 1. The van der Waals surface area contributed by atoms with Crippen LogP contribution in [0.4, 0.5) is 57.5 Å². The molecule has 6 N–H and O–H groups in total. The lowest BCUT2D eigenvalue weighted by atomic mass is 10.0. The van der Waals surface area contributed by atoms with Gasteiger partial charge in [-0.15, -0.1) is 0 Å². The minimum atomic E-state index is -5.08. The molecule has 2 amide bonds. The molecule has 25 heteroatoms. The third-order valence-electron chi connectivity index (χ3n) is 10.3. The Morgan fingerprint density at radius 2 is 0.472 bits per heavy atom. The number of carbonyl (C=O) groups is 6. The van der Waals surface area contributed by atoms with Crippen molar-refractivity contribution in [2.24, 2.45) is 0 Å². The Morgan fingerprint density at radius 3 is 0.611 bits per heavy atom. The summed E-state index contributed by atoms with van der Waals surface area (Å²) in [6.07, 6.45) is 21.5. The van der Waals surface area contributed by atoms with Crippen LogP contribution in [0.1, 0.15) is 219 Å². The molecule has 0 aliphatic carbocycles. The highest BCUT2D eigenvalue weighted by molar-refractivity contribution is 5.81. The van der Waals surface area contributed by atoms with Crippen LogP contribution in [0.25, 0.3) is 0 Å². The number of carbonyl (C=O) groups excluding carboxylic acids is 1. The minimum Gasteiger partial charge on any atom is -0.475 e. The maximum atomic E-state index is 12.6. The lowest BCUT2D eigenvalue weighted by molar-refractivity contribution is -0.193. The largest absolute Gasteiger partial charge is 0.490 e. The van der Waals surface area contributed by atoms with E-state index >= 15 is 0 Å². The smallest absolute Gasteiger partial charge is 0.475 e. The number of hydrogen-bond donors (Lipinski definition) is 6. The Kier molecular flexibility index (Phi) is 52.2. The summed E-state index contributed by atoms with van der Waals surface area (Å²) in [5.74, 6) is -11.1. The number of carboxylic acid groups (broad SMARTS) is 5. The molecule has 0 aliphatic rings. The number of hydrogen-bond acceptors (Lipinski definition) is 6. The van der Waals surface area contributed by atoms with Crippen LogP contribution in [0.3, 0.4) is 0 Å². The summed E-state index contributed by atoms with van der Waals surface area (Å²) >= 11 is 0. The highest BCUT2D eigenvalue weighted by Gasteiger charge is 2.40. The number of unbranched alkanes of at least 4 members (excludes halogenated alkanes) is 30. The van der Waals surface area contributed by atoms with E-state index in [0.29, 0.717) is 0 Å². The molecule has 0 unspecified atom stereocenters. The summed E-state index contributed by atoms with van der Waals surface area (Å²) in [6.45, 7) is 5.98. The minimum absolute atomic E-state index is 0.0747. The van der Waals surface area contributed by atoms with E-state index in [1.807, 2.05) is 4.90 Å². The zero-order chi connectivity index (χ0) is 56.5. The number of nitrogens with zero attached hydrogens (tertiary/aromatic N) is 1. The van der Waals surface area contributed by atoms with E-state index in [-0.39, 0.29) is 12.5 Å². The first kappa shape index (κ1) is 76.7. The van der Waals surface area contributed by atoms with Crippen LogP contribution >= 0.6 is 0 Å². The van der Waals surface area contributed by atoms with Gasteiger partial charge in [-0.2, -0.15) is 52.7 Å². The molecule has 430 valence electrons. The third-order valence-corrected chi connectivity index (χ3v) is 10.3. The second-order valence-corrected chi connectivity index (χ2v) is 16.9. The first-order valence-corrected chi connectivity index (χ1v) is 24.8. The molecule has 0 fully saturated rings. The van der Waals surface area contributed by atoms with Gasteiger partial charge < -0.3 is 35.7 Å². The maximum absolute atomic E-state index is 12.6. The Morgan fingerprint density at radius 1 is 0.319 bits per heavy atom. The summed E-state index contributed by atoms with van der Waals surface area (Å²) in [5.41, 5.74) is 0. The Balaban J connectivity index is -0.000000425. The summed E-state index contributed by atoms with van der Waals surface area (Å²) in [5, 5.41) is 39.7. The number of aliphatic carboxylic acids is 4. The summed E-state index contributed by atoms with van der Waals surface area (Å²) in [6, 6.07) is 0. The van der Waals surface area contributed by atoms with Crippen molar-refractivity contribution >= 4 is 35.9 Å². The van der Waals surface area contributed by atoms with Gasteiger partial charge in [-0.05, 0) is 12.8 Å². The van der Waals surface area contributed by atoms with Gasteiger partial charge >= 0.3 is 54.7 Å². The second kappa shape index (κ2) is 49.0. The van der Waals surface area contributed by atoms with Crippen molar-refractivity contribution in [2.75, 3.05) is 19.6 Å². The highest BCUT2D eigenvalue weighted by atomic mass is 19.4. The first-order valence-electron chi connectivity index (χ1n) is 24.8. The standard InChI is InChI=1S/C39H78N2O3.4C2HF3O2/c1-3-5-7-9-11-13-15-17-19-21-23-25-27-29-31-33-35-41(38(42)37-40-39(43)44)36-34-32-30-28-26-24-22-20-18-16-14-12-10-8-6-4-2;4*3-2(4,5)1(6)7/h40H,3-37H2,1-2H3,(H,43,44);4*(H,6,7). The topological polar surface area (TPSA) is 219 Å². The highest BCUT2D eigenvalue weighted by Crippen LogP contribution is 2.18. The van der Waals surface area contributed by atoms with Crippen LogP contribution in [0.2, 0.25) is 0 Å². The predicted molar refractivity (Wildman–Crippen MR) is 246 cm³/mol. The molecule has 0 aromatic rings. The van der Waals surface area contributed by atoms with Crippen LogP contribution in [0, 0.1) is 0 Å². The van der Waals surface area contributed by atoms with Gasteiger partial charge in [-0.3, -0.25) is 4.79 Å². The van der Waals surface area contributed by atoms with E-state index < -0.39 is 54.7 Å². The number of halogens is 12. The van der Waals surface area contributed by atoms with Crippen molar-refractivity contribution in [3.05, 3.63) is 0 Å². The van der Waals surface area contributed by atoms with Crippen LogP contribution < -0.4 is 5.32 Å². The average molecular weight is 1080 g/mol. The Bertz CT molecular complexity index is 1220. The number of amides is 2. The molecule has 0 rings (SSSR count). The van der Waals surface area contributed by atoms with E-state index in [9.17, 15) is 62.3 Å². The molecule has 0 atom stereocenters. The first-order chi connectivity index (χ1) is 33.4. The van der Waals surface area contributed by atoms with Gasteiger partial charge in [0.15, 0.2) is 0 Å². The molecule has 0 aromatic heterocycles. The van der Waals surface area contributed by atoms with Crippen LogP contribution in [0.5, 0.6) is 0 Å². The van der Waals surface area contributed by atoms with E-state index in [0.717, 1.165) is 38.8 Å². The molecule has 0 aromatic carbocycles. The Labute approximate surface area is 416 Å². The molecular weight excluding hydrogens is 996 g/mol. The molecule has 0 bridgehead atoms. The summed E-state index contributed by atoms with van der Waals surface area (Å²) < 4.78 is 127. The summed E-state index contributed by atoms with van der Waals surface area (Å²) in [7, 11) is 0. The molecule has 13 nitrogen and oxygen atoms in total. The monoisotopic (exact) mass is 1080 g/mol. The van der Waals surface area contributed by atoms with Crippen molar-refractivity contribution < 1.29 is 107 Å². The average Bonchev–Trinajstić information content (AvgIpc) is 3.26. The van der Waals surface area contributed by atoms with Gasteiger partial charge in [-0.1, -0.05) is 206 Å². The van der Waals surface area contributed by atoms with Crippen molar-refractivity contribution in [3.8, 4) is 0 Å². The van der Waals surface area contributed by atoms with E-state index in [1.165, 1.54) is 180 Å². The van der Waals surface area contributed by atoms with E-state index in [1.54, 1.807) is 0 Å². The molecule has 0 aliphatic heterocycles.